The van der Waals surface area contributed by atoms with Crippen molar-refractivity contribution in [2.75, 3.05) is 26.3 Å². The number of hydrogen-bond donors (Lipinski definition) is 1. The minimum atomic E-state index is -0.202. The van der Waals surface area contributed by atoms with Gasteiger partial charge in [0.05, 0.1) is 19.3 Å². The summed E-state index contributed by atoms with van der Waals surface area (Å²) in [6, 6.07) is 7.10. The van der Waals surface area contributed by atoms with E-state index in [0.29, 0.717) is 37.0 Å². The lowest BCUT2D eigenvalue weighted by Crippen LogP contribution is -2.47. The van der Waals surface area contributed by atoms with Gasteiger partial charge in [0.1, 0.15) is 5.75 Å². The van der Waals surface area contributed by atoms with Crippen molar-refractivity contribution < 1.29 is 14.3 Å². The minimum absolute atomic E-state index is 0.161. The molecule has 0 aromatic heterocycles. The van der Waals surface area contributed by atoms with Gasteiger partial charge >= 0.3 is 0 Å². The minimum Gasteiger partial charge on any atom is -0.491 e. The molecular formula is C16H22N2O3S. The number of ether oxygens (including phenoxy) is 2. The fraction of sp³-hybridized carbons (Fsp3) is 0.500. The third kappa shape index (κ3) is 4.68. The molecule has 2 rings (SSSR count). The zero-order valence-electron chi connectivity index (χ0n) is 13.0. The number of hydrogen-bond acceptors (Lipinski definition) is 4. The van der Waals surface area contributed by atoms with E-state index < -0.39 is 0 Å². The molecule has 0 saturated carbocycles. The molecule has 1 unspecified atom stereocenters. The van der Waals surface area contributed by atoms with E-state index >= 15 is 0 Å². The lowest BCUT2D eigenvalue weighted by atomic mass is 10.2. The van der Waals surface area contributed by atoms with Crippen LogP contribution in [0.5, 0.6) is 5.75 Å². The highest BCUT2D eigenvalue weighted by Crippen LogP contribution is 2.15. The smallest absolute Gasteiger partial charge is 0.257 e. The average Bonchev–Trinajstić information content (AvgIpc) is 2.56. The summed E-state index contributed by atoms with van der Waals surface area (Å²) in [5.41, 5.74) is 0.562. The Morgan fingerprint density at radius 3 is 2.59 bits per heavy atom. The van der Waals surface area contributed by atoms with Gasteiger partial charge in [-0.1, -0.05) is 6.92 Å². The number of amides is 1. The van der Waals surface area contributed by atoms with Crippen molar-refractivity contribution >= 4 is 23.2 Å². The summed E-state index contributed by atoms with van der Waals surface area (Å²) >= 11 is 5.26. The monoisotopic (exact) mass is 322 g/mol. The summed E-state index contributed by atoms with van der Waals surface area (Å²) in [7, 11) is 0. The number of nitrogens with one attached hydrogen (secondary N) is 1. The van der Waals surface area contributed by atoms with Crippen molar-refractivity contribution in [2.45, 2.75) is 26.4 Å². The second-order valence-corrected chi connectivity index (χ2v) is 5.61. The topological polar surface area (TPSA) is 50.8 Å². The summed E-state index contributed by atoms with van der Waals surface area (Å²) in [4.78, 5) is 14.1. The van der Waals surface area contributed by atoms with Crippen LogP contribution in [0.4, 0.5) is 0 Å². The molecule has 6 heteroatoms. The molecule has 1 saturated heterocycles. The van der Waals surface area contributed by atoms with Gasteiger partial charge in [0.25, 0.3) is 5.91 Å². The molecule has 0 aliphatic carbocycles. The Morgan fingerprint density at radius 1 is 1.36 bits per heavy atom. The van der Waals surface area contributed by atoms with Gasteiger partial charge < -0.3 is 14.4 Å². The molecule has 1 fully saturated rings. The normalized spacial score (nSPS) is 16.0. The van der Waals surface area contributed by atoms with Crippen LogP contribution in [0.25, 0.3) is 0 Å². The molecule has 1 atom stereocenters. The van der Waals surface area contributed by atoms with Crippen LogP contribution in [0.2, 0.25) is 0 Å². The molecule has 1 aromatic carbocycles. The third-order valence-corrected chi connectivity index (χ3v) is 3.91. The van der Waals surface area contributed by atoms with Crippen LogP contribution >= 0.6 is 12.2 Å². The van der Waals surface area contributed by atoms with Crippen molar-refractivity contribution in [1.29, 1.82) is 0 Å². The zero-order chi connectivity index (χ0) is 15.9. The number of morpholine rings is 1. The van der Waals surface area contributed by atoms with Crippen LogP contribution in [0, 0.1) is 0 Å². The van der Waals surface area contributed by atoms with Crippen LogP contribution in [-0.4, -0.2) is 48.3 Å². The number of nitrogens with zero attached hydrogens (tertiary/aromatic N) is 1. The molecule has 1 N–H and O–H groups in total. The molecule has 1 aliphatic rings. The van der Waals surface area contributed by atoms with Crippen LogP contribution in [0.3, 0.4) is 0 Å². The van der Waals surface area contributed by atoms with Crippen LogP contribution in [-0.2, 0) is 4.74 Å². The largest absolute Gasteiger partial charge is 0.491 e. The first-order valence-electron chi connectivity index (χ1n) is 7.55. The van der Waals surface area contributed by atoms with Gasteiger partial charge in [-0.2, -0.15) is 0 Å². The molecule has 1 amide bonds. The number of carbonyl (C=O) groups excluding carboxylic acids is 1. The number of thiocarbonyl (C=S) groups is 1. The maximum atomic E-state index is 12.2. The van der Waals surface area contributed by atoms with Crippen molar-refractivity contribution in [3.8, 4) is 5.75 Å². The van der Waals surface area contributed by atoms with E-state index in [1.807, 2.05) is 11.8 Å². The Balaban J connectivity index is 1.90. The summed E-state index contributed by atoms with van der Waals surface area (Å²) < 4.78 is 11.0. The Labute approximate surface area is 136 Å². The van der Waals surface area contributed by atoms with Crippen molar-refractivity contribution in [2.24, 2.45) is 0 Å². The molecule has 1 aliphatic heterocycles. The van der Waals surface area contributed by atoms with E-state index in [9.17, 15) is 4.79 Å². The highest BCUT2D eigenvalue weighted by Gasteiger charge is 2.16. The first kappa shape index (κ1) is 16.7. The molecule has 1 heterocycles. The number of carbonyl (C=O) groups is 1. The molecule has 120 valence electrons. The van der Waals surface area contributed by atoms with E-state index in [-0.39, 0.29) is 12.0 Å². The first-order chi connectivity index (χ1) is 10.6. The molecule has 0 spiro atoms. The van der Waals surface area contributed by atoms with Gasteiger partial charge in [0.15, 0.2) is 5.11 Å². The molecule has 0 radical (unpaired) electrons. The summed E-state index contributed by atoms with van der Waals surface area (Å²) in [6.07, 6.45) is 1.10. The highest BCUT2D eigenvalue weighted by molar-refractivity contribution is 7.80. The molecule has 0 bridgehead atoms. The Hall–Kier alpha value is -1.66. The van der Waals surface area contributed by atoms with Gasteiger partial charge in [-0.15, -0.1) is 0 Å². The summed E-state index contributed by atoms with van der Waals surface area (Å²) in [6.45, 7) is 6.78. The average molecular weight is 322 g/mol. The van der Waals surface area contributed by atoms with E-state index in [0.717, 1.165) is 12.2 Å². The van der Waals surface area contributed by atoms with E-state index in [1.165, 1.54) is 0 Å². The fourth-order valence-electron chi connectivity index (χ4n) is 2.02. The predicted molar refractivity (Wildman–Crippen MR) is 89.3 cm³/mol. The second kappa shape index (κ2) is 8.10. The van der Waals surface area contributed by atoms with Gasteiger partial charge in [-0.3, -0.25) is 10.1 Å². The standard InChI is InChI=1S/C16H22N2O3S/c1-3-12(2)21-14-6-4-13(5-7-14)15(19)17-16(22)18-8-10-20-11-9-18/h4-7,12H,3,8-11H2,1-2H3,(H,17,19,22). The Bertz CT molecular complexity index is 513. The summed E-state index contributed by atoms with van der Waals surface area (Å²) in [5.74, 6) is 0.563. The zero-order valence-corrected chi connectivity index (χ0v) is 13.8. The lowest BCUT2D eigenvalue weighted by Gasteiger charge is -2.28. The number of benzene rings is 1. The predicted octanol–water partition coefficient (Wildman–Crippen LogP) is 2.21. The summed E-state index contributed by atoms with van der Waals surface area (Å²) in [5, 5.41) is 3.21. The molecular weight excluding hydrogens is 300 g/mol. The lowest BCUT2D eigenvalue weighted by molar-refractivity contribution is 0.0669. The Kier molecular flexibility index (Phi) is 6.15. The quantitative estimate of drug-likeness (QED) is 0.862. The van der Waals surface area contributed by atoms with Crippen molar-refractivity contribution in [3.63, 3.8) is 0 Å². The van der Waals surface area contributed by atoms with Gasteiger partial charge in [-0.25, -0.2) is 0 Å². The SMILES string of the molecule is CCC(C)Oc1ccc(C(=O)NC(=S)N2CCOCC2)cc1. The van der Waals surface area contributed by atoms with E-state index in [2.05, 4.69) is 12.2 Å². The Morgan fingerprint density at radius 2 is 2.00 bits per heavy atom. The molecule has 22 heavy (non-hydrogen) atoms. The first-order valence-corrected chi connectivity index (χ1v) is 7.95. The molecule has 1 aromatic rings. The maximum absolute atomic E-state index is 12.2. The second-order valence-electron chi connectivity index (χ2n) is 5.22. The fourth-order valence-corrected chi connectivity index (χ4v) is 2.29. The maximum Gasteiger partial charge on any atom is 0.257 e. The van der Waals surface area contributed by atoms with E-state index in [4.69, 9.17) is 21.7 Å². The van der Waals surface area contributed by atoms with Crippen LogP contribution in [0.1, 0.15) is 30.6 Å². The highest BCUT2D eigenvalue weighted by atomic mass is 32.1. The molecule has 5 nitrogen and oxygen atoms in total. The van der Waals surface area contributed by atoms with Gasteiger partial charge in [0, 0.05) is 18.7 Å². The van der Waals surface area contributed by atoms with Crippen LogP contribution < -0.4 is 10.1 Å². The van der Waals surface area contributed by atoms with Gasteiger partial charge in [0.2, 0.25) is 0 Å². The van der Waals surface area contributed by atoms with E-state index in [1.54, 1.807) is 24.3 Å². The van der Waals surface area contributed by atoms with Crippen LogP contribution in [0.15, 0.2) is 24.3 Å². The van der Waals surface area contributed by atoms with Crippen molar-refractivity contribution in [3.05, 3.63) is 29.8 Å². The van der Waals surface area contributed by atoms with Gasteiger partial charge in [-0.05, 0) is 49.8 Å². The number of rotatable bonds is 4. The third-order valence-electron chi connectivity index (χ3n) is 3.55. The van der Waals surface area contributed by atoms with Crippen molar-refractivity contribution in [1.82, 2.24) is 10.2 Å².